The van der Waals surface area contributed by atoms with Gasteiger partial charge in [0, 0.05) is 41.3 Å². The molecule has 1 unspecified atom stereocenters. The summed E-state index contributed by atoms with van der Waals surface area (Å²) >= 11 is 0. The normalized spacial score (nSPS) is 25.1. The first kappa shape index (κ1) is 16.8. The molecule has 0 N–H and O–H groups in total. The van der Waals surface area contributed by atoms with Gasteiger partial charge in [0.2, 0.25) is 0 Å². The lowest BCUT2D eigenvalue weighted by atomic mass is 9.67. The maximum atomic E-state index is 12.8. The van der Waals surface area contributed by atoms with Gasteiger partial charge in [-0.3, -0.25) is 14.6 Å². The molecule has 132 valence electrons. The standard InChI is InChI=1S/C22H21NO3/c1-2-13-26-19-12-4-3-7-14(19)20-21-15(8-5-10-17(21)24)23-16-9-6-11-18(25)22(16)20/h1,3-4,7,12,20-21H,5-6,8-11,13H2/t20-,21?/m0/s1. The average molecular weight is 347 g/mol. The summed E-state index contributed by atoms with van der Waals surface area (Å²) in [6.07, 6.45) is 9.71. The number of aliphatic imine (C=N–C) groups is 1. The highest BCUT2D eigenvalue weighted by atomic mass is 16.5. The quantitative estimate of drug-likeness (QED) is 0.785. The number of terminal acetylenes is 1. The Kier molecular flexibility index (Phi) is 4.46. The number of Topliss-reactive ketones (excluding diaryl/α,β-unsaturated/α-hetero) is 2. The van der Waals surface area contributed by atoms with Crippen molar-refractivity contribution in [3.8, 4) is 18.1 Å². The van der Waals surface area contributed by atoms with E-state index in [1.54, 1.807) is 0 Å². The number of hydrogen-bond acceptors (Lipinski definition) is 4. The molecule has 4 rings (SSSR count). The molecule has 2 aliphatic carbocycles. The van der Waals surface area contributed by atoms with Crippen molar-refractivity contribution < 1.29 is 14.3 Å². The van der Waals surface area contributed by atoms with Crippen LogP contribution in [0.4, 0.5) is 0 Å². The van der Waals surface area contributed by atoms with Crippen molar-refractivity contribution in [3.05, 3.63) is 41.1 Å². The van der Waals surface area contributed by atoms with Gasteiger partial charge in [-0.1, -0.05) is 24.1 Å². The fraction of sp³-hybridized carbons (Fsp3) is 0.409. The van der Waals surface area contributed by atoms with E-state index < -0.39 is 0 Å². The van der Waals surface area contributed by atoms with Crippen molar-refractivity contribution in [2.24, 2.45) is 10.9 Å². The minimum Gasteiger partial charge on any atom is -0.481 e. The Hall–Kier alpha value is -2.67. The number of allylic oxidation sites excluding steroid dienone is 2. The van der Waals surface area contributed by atoms with Crippen LogP contribution in [0.5, 0.6) is 5.75 Å². The van der Waals surface area contributed by atoms with Crippen molar-refractivity contribution in [2.45, 2.75) is 44.4 Å². The third kappa shape index (κ3) is 2.78. The smallest absolute Gasteiger partial charge is 0.161 e. The molecule has 26 heavy (non-hydrogen) atoms. The lowest BCUT2D eigenvalue weighted by molar-refractivity contribution is -0.122. The molecular formula is C22H21NO3. The third-order valence-electron chi connectivity index (χ3n) is 5.48. The molecule has 1 fully saturated rings. The molecule has 0 radical (unpaired) electrons. The Morgan fingerprint density at radius 1 is 1.08 bits per heavy atom. The summed E-state index contributed by atoms with van der Waals surface area (Å²) in [6.45, 7) is 0.156. The van der Waals surface area contributed by atoms with Crippen molar-refractivity contribution in [1.29, 1.82) is 0 Å². The summed E-state index contributed by atoms with van der Waals surface area (Å²) in [6, 6.07) is 7.62. The Bertz CT molecular complexity index is 872. The molecule has 1 aromatic carbocycles. The van der Waals surface area contributed by atoms with E-state index in [2.05, 4.69) is 5.92 Å². The van der Waals surface area contributed by atoms with E-state index in [9.17, 15) is 9.59 Å². The molecule has 2 atom stereocenters. The van der Waals surface area contributed by atoms with Crippen LogP contribution >= 0.6 is 0 Å². The maximum absolute atomic E-state index is 12.8. The zero-order valence-electron chi connectivity index (χ0n) is 14.7. The van der Waals surface area contributed by atoms with Crippen LogP contribution in [0.3, 0.4) is 0 Å². The Morgan fingerprint density at radius 3 is 2.73 bits per heavy atom. The van der Waals surface area contributed by atoms with Gasteiger partial charge in [-0.05, 0) is 31.7 Å². The molecule has 1 aromatic rings. The summed E-state index contributed by atoms with van der Waals surface area (Å²) in [5.74, 6) is 2.78. The van der Waals surface area contributed by atoms with Crippen molar-refractivity contribution in [1.82, 2.24) is 0 Å². The molecule has 0 bridgehead atoms. The molecule has 3 aliphatic rings. The number of benzene rings is 1. The van der Waals surface area contributed by atoms with Gasteiger partial charge in [-0.15, -0.1) is 6.42 Å². The summed E-state index contributed by atoms with van der Waals surface area (Å²) in [7, 11) is 0. The number of hydrogen-bond donors (Lipinski definition) is 0. The van der Waals surface area contributed by atoms with Gasteiger partial charge in [0.1, 0.15) is 18.1 Å². The number of para-hydroxylation sites is 1. The van der Waals surface area contributed by atoms with Crippen LogP contribution in [0.2, 0.25) is 0 Å². The van der Waals surface area contributed by atoms with Crippen molar-refractivity contribution in [3.63, 3.8) is 0 Å². The van der Waals surface area contributed by atoms with Gasteiger partial charge in [-0.25, -0.2) is 0 Å². The Labute approximate surface area is 153 Å². The lowest BCUT2D eigenvalue weighted by Crippen LogP contribution is -2.39. The van der Waals surface area contributed by atoms with Crippen LogP contribution < -0.4 is 4.74 Å². The largest absolute Gasteiger partial charge is 0.481 e. The molecule has 1 aliphatic heterocycles. The summed E-state index contributed by atoms with van der Waals surface area (Å²) < 4.78 is 5.75. The summed E-state index contributed by atoms with van der Waals surface area (Å²) in [5, 5.41) is 0. The number of ether oxygens (including phenoxy) is 1. The fourth-order valence-electron chi connectivity index (χ4n) is 4.42. The zero-order valence-corrected chi connectivity index (χ0v) is 14.7. The molecule has 0 saturated heterocycles. The van der Waals surface area contributed by atoms with E-state index in [4.69, 9.17) is 16.2 Å². The highest BCUT2D eigenvalue weighted by molar-refractivity contribution is 6.12. The van der Waals surface area contributed by atoms with Crippen LogP contribution in [0.15, 0.2) is 40.5 Å². The van der Waals surface area contributed by atoms with Gasteiger partial charge >= 0.3 is 0 Å². The second-order valence-corrected chi connectivity index (χ2v) is 7.05. The van der Waals surface area contributed by atoms with Crippen LogP contribution in [-0.2, 0) is 9.59 Å². The first-order valence-corrected chi connectivity index (χ1v) is 9.22. The minimum atomic E-state index is -0.347. The van der Waals surface area contributed by atoms with Crippen molar-refractivity contribution in [2.75, 3.05) is 6.61 Å². The van der Waals surface area contributed by atoms with Gasteiger partial charge in [0.05, 0.1) is 5.92 Å². The molecule has 1 saturated carbocycles. The van der Waals surface area contributed by atoms with Crippen LogP contribution in [-0.4, -0.2) is 23.9 Å². The summed E-state index contributed by atoms with van der Waals surface area (Å²) in [5.41, 5.74) is 3.40. The average Bonchev–Trinajstić information content (AvgIpc) is 2.65. The predicted octanol–water partition coefficient (Wildman–Crippen LogP) is 3.61. The monoisotopic (exact) mass is 347 g/mol. The number of carbonyl (C=O) groups excluding carboxylic acids is 2. The highest BCUT2D eigenvalue weighted by Gasteiger charge is 2.45. The second-order valence-electron chi connectivity index (χ2n) is 7.05. The third-order valence-corrected chi connectivity index (χ3v) is 5.48. The van der Waals surface area contributed by atoms with Crippen LogP contribution in [0.1, 0.15) is 50.0 Å². The molecule has 0 amide bonds. The Morgan fingerprint density at radius 2 is 1.88 bits per heavy atom. The van der Waals surface area contributed by atoms with Crippen LogP contribution in [0.25, 0.3) is 0 Å². The van der Waals surface area contributed by atoms with E-state index in [-0.39, 0.29) is 30.0 Å². The predicted molar refractivity (Wildman–Crippen MR) is 99.2 cm³/mol. The SMILES string of the molecule is C#CCOc1ccccc1[C@@H]1C2=C(CCCC2=O)N=C2CCCC(=O)C21. The number of fused-ring (bicyclic) bond motifs is 1. The second kappa shape index (κ2) is 6.92. The van der Waals surface area contributed by atoms with E-state index in [0.717, 1.165) is 48.2 Å². The number of nitrogens with zero attached hydrogens (tertiary/aromatic N) is 1. The van der Waals surface area contributed by atoms with Gasteiger partial charge in [0.15, 0.2) is 5.78 Å². The maximum Gasteiger partial charge on any atom is 0.161 e. The Balaban J connectivity index is 1.88. The lowest BCUT2D eigenvalue weighted by Gasteiger charge is -2.38. The first-order chi connectivity index (χ1) is 12.7. The van der Waals surface area contributed by atoms with E-state index in [0.29, 0.717) is 18.6 Å². The van der Waals surface area contributed by atoms with E-state index in [1.807, 2.05) is 24.3 Å². The molecule has 4 heteroatoms. The van der Waals surface area contributed by atoms with Gasteiger partial charge in [-0.2, -0.15) is 0 Å². The zero-order chi connectivity index (χ0) is 18.1. The summed E-state index contributed by atoms with van der Waals surface area (Å²) in [4.78, 5) is 30.4. The topological polar surface area (TPSA) is 55.7 Å². The molecule has 1 heterocycles. The first-order valence-electron chi connectivity index (χ1n) is 9.22. The van der Waals surface area contributed by atoms with Gasteiger partial charge < -0.3 is 4.74 Å². The highest BCUT2D eigenvalue weighted by Crippen LogP contribution is 2.48. The van der Waals surface area contributed by atoms with Gasteiger partial charge in [0.25, 0.3) is 0 Å². The minimum absolute atomic E-state index is 0.115. The molecule has 0 aromatic heterocycles. The number of rotatable bonds is 3. The number of carbonyl (C=O) groups is 2. The van der Waals surface area contributed by atoms with E-state index in [1.165, 1.54) is 0 Å². The number of ketones is 2. The fourth-order valence-corrected chi connectivity index (χ4v) is 4.42. The van der Waals surface area contributed by atoms with Crippen molar-refractivity contribution >= 4 is 17.3 Å². The molecule has 0 spiro atoms. The molecular weight excluding hydrogens is 326 g/mol. The molecule has 4 nitrogen and oxygen atoms in total. The van der Waals surface area contributed by atoms with Crippen LogP contribution in [0, 0.1) is 18.3 Å². The van der Waals surface area contributed by atoms with E-state index >= 15 is 0 Å².